The maximum Gasteiger partial charge on any atom is 0.303 e. The lowest BCUT2D eigenvalue weighted by molar-refractivity contribution is -0.137. The van der Waals surface area contributed by atoms with Crippen LogP contribution in [0.15, 0.2) is 28.7 Å². The van der Waals surface area contributed by atoms with Gasteiger partial charge in [0, 0.05) is 24.3 Å². The fraction of sp³-hybridized carbons (Fsp3) is 0.560. The van der Waals surface area contributed by atoms with Crippen LogP contribution in [-0.4, -0.2) is 11.1 Å². The fourth-order valence-electron chi connectivity index (χ4n) is 5.35. The van der Waals surface area contributed by atoms with Gasteiger partial charge in [0.1, 0.15) is 11.5 Å². The Hall–Kier alpha value is -2.03. The van der Waals surface area contributed by atoms with Crippen molar-refractivity contribution in [1.29, 1.82) is 0 Å². The third-order valence-corrected chi connectivity index (χ3v) is 7.00. The van der Waals surface area contributed by atoms with Crippen LogP contribution in [0.5, 0.6) is 0 Å². The van der Waals surface area contributed by atoms with Gasteiger partial charge in [0.25, 0.3) is 0 Å². The molecule has 2 aliphatic rings. The highest BCUT2D eigenvalue weighted by Gasteiger charge is 2.40. The van der Waals surface area contributed by atoms with Crippen LogP contribution in [0.1, 0.15) is 99.5 Å². The van der Waals surface area contributed by atoms with Crippen LogP contribution in [0.2, 0.25) is 0 Å². The predicted molar refractivity (Wildman–Crippen MR) is 111 cm³/mol. The second kappa shape index (κ2) is 6.79. The van der Waals surface area contributed by atoms with Crippen molar-refractivity contribution in [2.24, 2.45) is 0 Å². The van der Waals surface area contributed by atoms with E-state index in [1.807, 2.05) is 0 Å². The van der Waals surface area contributed by atoms with E-state index in [9.17, 15) is 4.79 Å². The molecule has 150 valence electrons. The normalized spacial score (nSPS) is 22.4. The molecule has 2 aromatic rings. The highest BCUT2D eigenvalue weighted by molar-refractivity contribution is 5.67. The number of aryl methyl sites for hydroxylation is 2. The number of carboxylic acid groups (broad SMARTS) is 1. The number of carbonyl (C=O) groups is 1. The molecule has 3 nitrogen and oxygen atoms in total. The highest BCUT2D eigenvalue weighted by atomic mass is 16.4. The van der Waals surface area contributed by atoms with E-state index in [0.29, 0.717) is 12.3 Å². The van der Waals surface area contributed by atoms with Crippen LogP contribution in [0.25, 0.3) is 0 Å². The van der Waals surface area contributed by atoms with Crippen LogP contribution in [0, 0.1) is 0 Å². The van der Waals surface area contributed by atoms with Crippen molar-refractivity contribution in [1.82, 2.24) is 0 Å². The summed E-state index contributed by atoms with van der Waals surface area (Å²) in [6, 6.07) is 9.03. The highest BCUT2D eigenvalue weighted by Crippen LogP contribution is 2.50. The van der Waals surface area contributed by atoms with Crippen LogP contribution in [-0.2, 0) is 28.5 Å². The molecule has 3 heteroatoms. The Balaban J connectivity index is 1.79. The summed E-state index contributed by atoms with van der Waals surface area (Å²) in [6.45, 7) is 9.53. The van der Waals surface area contributed by atoms with Gasteiger partial charge in [-0.25, -0.2) is 0 Å². The minimum absolute atomic E-state index is 0.124. The van der Waals surface area contributed by atoms with Crippen LogP contribution in [0.3, 0.4) is 0 Å². The summed E-state index contributed by atoms with van der Waals surface area (Å²) in [5.41, 5.74) is 6.18. The van der Waals surface area contributed by atoms with Crippen molar-refractivity contribution >= 4 is 5.97 Å². The zero-order valence-electron chi connectivity index (χ0n) is 17.6. The molecule has 0 fully saturated rings. The number of hydrogen-bond donors (Lipinski definition) is 1. The maximum atomic E-state index is 11.0. The van der Waals surface area contributed by atoms with E-state index >= 15 is 0 Å². The lowest BCUT2D eigenvalue weighted by Gasteiger charge is -2.44. The van der Waals surface area contributed by atoms with E-state index in [-0.39, 0.29) is 17.3 Å². The van der Waals surface area contributed by atoms with E-state index in [0.717, 1.165) is 30.8 Å². The molecule has 0 saturated carbocycles. The lowest BCUT2D eigenvalue weighted by Crippen LogP contribution is -2.35. The maximum absolute atomic E-state index is 11.0. The molecule has 1 unspecified atom stereocenters. The number of furan rings is 1. The minimum atomic E-state index is -0.771. The molecule has 0 saturated heterocycles. The molecule has 0 bridgehead atoms. The average Bonchev–Trinajstić information content (AvgIpc) is 3.06. The Bertz CT molecular complexity index is 901. The van der Waals surface area contributed by atoms with E-state index in [2.05, 4.69) is 52.0 Å². The summed E-state index contributed by atoms with van der Waals surface area (Å²) in [5.74, 6) is 1.48. The number of hydrogen-bond acceptors (Lipinski definition) is 2. The summed E-state index contributed by atoms with van der Waals surface area (Å²) in [6.07, 6.45) is 6.24. The Morgan fingerprint density at radius 1 is 1.14 bits per heavy atom. The van der Waals surface area contributed by atoms with Crippen molar-refractivity contribution in [2.75, 3.05) is 0 Å². The number of fused-ring (bicyclic) bond motifs is 2. The molecule has 0 aliphatic heterocycles. The van der Waals surface area contributed by atoms with Gasteiger partial charge in [-0.05, 0) is 59.3 Å². The Morgan fingerprint density at radius 3 is 2.64 bits per heavy atom. The second-order valence-electron chi connectivity index (χ2n) is 9.97. The Labute approximate surface area is 168 Å². The first-order valence-electron chi connectivity index (χ1n) is 10.7. The predicted octanol–water partition coefficient (Wildman–Crippen LogP) is 6.11. The zero-order chi connectivity index (χ0) is 20.1. The van der Waals surface area contributed by atoms with Gasteiger partial charge in [0.05, 0.1) is 6.42 Å². The SMILES string of the molecule is CC1(C)CCC(C)(C)c2c(C3CCCc4oc(CCC(=O)O)cc43)cccc21. The lowest BCUT2D eigenvalue weighted by atomic mass is 9.60. The molecule has 0 spiro atoms. The van der Waals surface area contributed by atoms with Gasteiger partial charge in [-0.1, -0.05) is 45.9 Å². The molecule has 1 atom stereocenters. The Kier molecular flexibility index (Phi) is 4.68. The largest absolute Gasteiger partial charge is 0.481 e. The molecule has 2 aliphatic carbocycles. The molecule has 4 rings (SSSR count). The first kappa shape index (κ1) is 19.3. The molecular formula is C25H32O3. The third-order valence-electron chi connectivity index (χ3n) is 7.00. The van der Waals surface area contributed by atoms with Gasteiger partial charge >= 0.3 is 5.97 Å². The average molecular weight is 381 g/mol. The van der Waals surface area contributed by atoms with E-state index in [4.69, 9.17) is 9.52 Å². The molecule has 0 radical (unpaired) electrons. The van der Waals surface area contributed by atoms with Crippen molar-refractivity contribution in [3.8, 4) is 0 Å². The molecule has 28 heavy (non-hydrogen) atoms. The van der Waals surface area contributed by atoms with Crippen molar-refractivity contribution in [2.45, 2.75) is 89.4 Å². The van der Waals surface area contributed by atoms with Crippen LogP contribution < -0.4 is 0 Å². The summed E-state index contributed by atoms with van der Waals surface area (Å²) >= 11 is 0. The summed E-state index contributed by atoms with van der Waals surface area (Å²) in [5, 5.41) is 9.01. The number of rotatable bonds is 4. The van der Waals surface area contributed by atoms with Crippen molar-refractivity contribution in [3.05, 3.63) is 58.0 Å². The summed E-state index contributed by atoms with van der Waals surface area (Å²) < 4.78 is 6.08. The Morgan fingerprint density at radius 2 is 1.89 bits per heavy atom. The van der Waals surface area contributed by atoms with E-state index in [1.165, 1.54) is 35.1 Å². The van der Waals surface area contributed by atoms with Crippen molar-refractivity contribution < 1.29 is 14.3 Å². The summed E-state index contributed by atoms with van der Waals surface area (Å²) in [7, 11) is 0. The number of aliphatic carboxylic acids is 1. The molecule has 1 aromatic heterocycles. The second-order valence-corrected chi connectivity index (χ2v) is 9.97. The topological polar surface area (TPSA) is 50.4 Å². The molecule has 1 aromatic carbocycles. The smallest absolute Gasteiger partial charge is 0.303 e. The van der Waals surface area contributed by atoms with Gasteiger partial charge in [-0.2, -0.15) is 0 Å². The molecule has 1 heterocycles. The van der Waals surface area contributed by atoms with Gasteiger partial charge < -0.3 is 9.52 Å². The standard InChI is InChI=1S/C25H32O3/c1-24(2)13-14-25(3,4)23-18(8-5-9-20(23)24)17-7-6-10-21-19(17)15-16(28-21)11-12-22(26)27/h5,8-9,15,17H,6-7,10-14H2,1-4H3,(H,26,27). The number of carboxylic acids is 1. The minimum Gasteiger partial charge on any atom is -0.481 e. The third kappa shape index (κ3) is 3.29. The van der Waals surface area contributed by atoms with Gasteiger partial charge in [0.2, 0.25) is 0 Å². The molecular weight excluding hydrogens is 348 g/mol. The monoisotopic (exact) mass is 380 g/mol. The van der Waals surface area contributed by atoms with Gasteiger partial charge in [0.15, 0.2) is 0 Å². The molecule has 1 N–H and O–H groups in total. The fourth-order valence-corrected chi connectivity index (χ4v) is 5.35. The quantitative estimate of drug-likeness (QED) is 0.696. The first-order chi connectivity index (χ1) is 13.2. The molecule has 0 amide bonds. The van der Waals surface area contributed by atoms with E-state index < -0.39 is 5.97 Å². The number of benzene rings is 1. The summed E-state index contributed by atoms with van der Waals surface area (Å²) in [4.78, 5) is 11.0. The zero-order valence-corrected chi connectivity index (χ0v) is 17.6. The van der Waals surface area contributed by atoms with Gasteiger partial charge in [-0.3, -0.25) is 4.79 Å². The van der Waals surface area contributed by atoms with Crippen LogP contribution in [0.4, 0.5) is 0 Å². The van der Waals surface area contributed by atoms with Crippen LogP contribution >= 0.6 is 0 Å². The first-order valence-corrected chi connectivity index (χ1v) is 10.7. The van der Waals surface area contributed by atoms with Crippen molar-refractivity contribution in [3.63, 3.8) is 0 Å². The van der Waals surface area contributed by atoms with E-state index in [1.54, 1.807) is 0 Å². The van der Waals surface area contributed by atoms with Gasteiger partial charge in [-0.15, -0.1) is 0 Å².